The van der Waals surface area contributed by atoms with Crippen molar-refractivity contribution in [1.29, 1.82) is 0 Å². The van der Waals surface area contributed by atoms with Gasteiger partial charge >= 0.3 is 0 Å². The molecule has 0 aliphatic rings. The topological polar surface area (TPSA) is 26.0 Å². The lowest BCUT2D eigenvalue weighted by Crippen LogP contribution is -2.17. The van der Waals surface area contributed by atoms with Gasteiger partial charge in [0.1, 0.15) is 5.82 Å². The first-order chi connectivity index (χ1) is 5.59. The molecule has 2 N–H and O–H groups in total. The molecule has 0 saturated carbocycles. The highest BCUT2D eigenvalue weighted by Gasteiger charge is 2.02. The van der Waals surface area contributed by atoms with Gasteiger partial charge in [0.05, 0.1) is 0 Å². The standard InChI is InChI=1S/C9H11FIN/c1-6(12)4-7-2-3-9(11)8(10)5-7/h2-3,5-6H,4,12H2,1H3/t6-/m0/s1. The predicted molar refractivity (Wildman–Crippen MR) is 56.5 cm³/mol. The zero-order chi connectivity index (χ0) is 9.14. The van der Waals surface area contributed by atoms with Gasteiger partial charge in [0, 0.05) is 9.61 Å². The molecule has 0 saturated heterocycles. The van der Waals surface area contributed by atoms with Crippen LogP contribution in [0.15, 0.2) is 18.2 Å². The van der Waals surface area contributed by atoms with E-state index >= 15 is 0 Å². The number of benzene rings is 1. The van der Waals surface area contributed by atoms with Crippen LogP contribution in [0.2, 0.25) is 0 Å². The van der Waals surface area contributed by atoms with Gasteiger partial charge in [-0.2, -0.15) is 0 Å². The van der Waals surface area contributed by atoms with E-state index in [9.17, 15) is 4.39 Å². The first-order valence-electron chi connectivity index (χ1n) is 3.79. The summed E-state index contributed by atoms with van der Waals surface area (Å²) in [5.74, 6) is -0.159. The Bertz CT molecular complexity index is 273. The Morgan fingerprint density at radius 2 is 2.25 bits per heavy atom. The van der Waals surface area contributed by atoms with Crippen LogP contribution < -0.4 is 5.73 Å². The normalized spacial score (nSPS) is 13.0. The summed E-state index contributed by atoms with van der Waals surface area (Å²) in [6, 6.07) is 5.32. The molecule has 1 rings (SSSR count). The minimum atomic E-state index is -0.159. The third kappa shape index (κ3) is 2.71. The van der Waals surface area contributed by atoms with Crippen LogP contribution in [-0.2, 0) is 6.42 Å². The Morgan fingerprint density at radius 1 is 1.58 bits per heavy atom. The molecule has 0 aromatic heterocycles. The maximum atomic E-state index is 13.0. The zero-order valence-corrected chi connectivity index (χ0v) is 9.01. The molecule has 0 unspecified atom stereocenters. The van der Waals surface area contributed by atoms with Crippen molar-refractivity contribution in [1.82, 2.24) is 0 Å². The van der Waals surface area contributed by atoms with Gasteiger partial charge in [-0.3, -0.25) is 0 Å². The molecule has 0 bridgehead atoms. The van der Waals surface area contributed by atoms with Gasteiger partial charge in [0.2, 0.25) is 0 Å². The average molecular weight is 279 g/mol. The molecule has 0 spiro atoms. The first-order valence-corrected chi connectivity index (χ1v) is 4.87. The fourth-order valence-corrected chi connectivity index (χ4v) is 1.37. The van der Waals surface area contributed by atoms with Crippen LogP contribution >= 0.6 is 22.6 Å². The van der Waals surface area contributed by atoms with Crippen molar-refractivity contribution in [3.8, 4) is 0 Å². The van der Waals surface area contributed by atoms with Crippen LogP contribution in [0.5, 0.6) is 0 Å². The number of hydrogen-bond acceptors (Lipinski definition) is 1. The molecule has 0 radical (unpaired) electrons. The second-order valence-corrected chi connectivity index (χ2v) is 4.09. The molecule has 1 nitrogen and oxygen atoms in total. The van der Waals surface area contributed by atoms with Gasteiger partial charge in [0.15, 0.2) is 0 Å². The number of nitrogens with two attached hydrogens (primary N) is 1. The van der Waals surface area contributed by atoms with Crippen molar-refractivity contribution in [3.63, 3.8) is 0 Å². The molecule has 0 fully saturated rings. The third-order valence-electron chi connectivity index (χ3n) is 1.54. The van der Waals surface area contributed by atoms with Crippen LogP contribution in [0.3, 0.4) is 0 Å². The monoisotopic (exact) mass is 279 g/mol. The highest BCUT2D eigenvalue weighted by molar-refractivity contribution is 14.1. The predicted octanol–water partition coefficient (Wildman–Crippen LogP) is 2.32. The van der Waals surface area contributed by atoms with Gasteiger partial charge in [-0.25, -0.2) is 4.39 Å². The minimum Gasteiger partial charge on any atom is -0.328 e. The minimum absolute atomic E-state index is 0.0875. The lowest BCUT2D eigenvalue weighted by atomic mass is 10.1. The molecule has 12 heavy (non-hydrogen) atoms. The summed E-state index contributed by atoms with van der Waals surface area (Å²) in [4.78, 5) is 0. The van der Waals surface area contributed by atoms with E-state index in [2.05, 4.69) is 0 Å². The van der Waals surface area contributed by atoms with Crippen molar-refractivity contribution < 1.29 is 4.39 Å². The van der Waals surface area contributed by atoms with Gasteiger partial charge < -0.3 is 5.73 Å². The Kier molecular flexibility index (Phi) is 3.46. The molecule has 66 valence electrons. The first kappa shape index (κ1) is 9.92. The summed E-state index contributed by atoms with van der Waals surface area (Å²) in [5, 5.41) is 0. The summed E-state index contributed by atoms with van der Waals surface area (Å²) in [6.07, 6.45) is 0.730. The van der Waals surface area contributed by atoms with E-state index in [1.807, 2.05) is 35.6 Å². The molecular weight excluding hydrogens is 268 g/mol. The van der Waals surface area contributed by atoms with E-state index in [-0.39, 0.29) is 11.9 Å². The molecule has 0 heterocycles. The van der Waals surface area contributed by atoms with Gasteiger partial charge in [0.25, 0.3) is 0 Å². The molecule has 1 aromatic carbocycles. The maximum absolute atomic E-state index is 13.0. The largest absolute Gasteiger partial charge is 0.328 e. The summed E-state index contributed by atoms with van der Waals surface area (Å²) >= 11 is 1.97. The Hall–Kier alpha value is -0.160. The van der Waals surface area contributed by atoms with E-state index in [1.54, 1.807) is 12.1 Å². The number of halogens is 2. The molecule has 1 aromatic rings. The quantitative estimate of drug-likeness (QED) is 0.826. The summed E-state index contributed by atoms with van der Waals surface area (Å²) in [5.41, 5.74) is 6.55. The Labute approximate surface area is 85.3 Å². The summed E-state index contributed by atoms with van der Waals surface area (Å²) in [6.45, 7) is 1.91. The molecular formula is C9H11FIN. The lowest BCUT2D eigenvalue weighted by molar-refractivity contribution is 0.615. The average Bonchev–Trinajstić information content (AvgIpc) is 1.96. The van der Waals surface area contributed by atoms with Crippen molar-refractivity contribution in [2.24, 2.45) is 5.73 Å². The van der Waals surface area contributed by atoms with Crippen molar-refractivity contribution in [2.45, 2.75) is 19.4 Å². The van der Waals surface area contributed by atoms with Gasteiger partial charge in [-0.15, -0.1) is 0 Å². The highest BCUT2D eigenvalue weighted by atomic mass is 127. The van der Waals surface area contributed by atoms with E-state index in [1.165, 1.54) is 0 Å². The van der Waals surface area contributed by atoms with E-state index in [0.717, 1.165) is 12.0 Å². The lowest BCUT2D eigenvalue weighted by Gasteiger charge is -2.05. The van der Waals surface area contributed by atoms with E-state index < -0.39 is 0 Å². The fourth-order valence-electron chi connectivity index (χ4n) is 1.04. The molecule has 1 atom stereocenters. The summed E-state index contributed by atoms with van der Waals surface area (Å²) in [7, 11) is 0. The van der Waals surface area contributed by atoms with Crippen molar-refractivity contribution >= 4 is 22.6 Å². The van der Waals surface area contributed by atoms with E-state index in [0.29, 0.717) is 3.57 Å². The van der Waals surface area contributed by atoms with Crippen molar-refractivity contribution in [3.05, 3.63) is 33.1 Å². The number of hydrogen-bond donors (Lipinski definition) is 1. The van der Waals surface area contributed by atoms with Crippen LogP contribution in [0, 0.1) is 9.39 Å². The Morgan fingerprint density at radius 3 is 2.75 bits per heavy atom. The molecule has 0 amide bonds. The smallest absolute Gasteiger partial charge is 0.136 e. The maximum Gasteiger partial charge on any atom is 0.136 e. The molecule has 0 aliphatic heterocycles. The Balaban J connectivity index is 2.82. The second-order valence-electron chi connectivity index (χ2n) is 2.93. The van der Waals surface area contributed by atoms with E-state index in [4.69, 9.17) is 5.73 Å². The van der Waals surface area contributed by atoms with Crippen molar-refractivity contribution in [2.75, 3.05) is 0 Å². The van der Waals surface area contributed by atoms with Gasteiger partial charge in [-0.05, 0) is 53.6 Å². The SMILES string of the molecule is C[C@H](N)Cc1ccc(I)c(F)c1. The van der Waals surface area contributed by atoms with Crippen LogP contribution in [0.1, 0.15) is 12.5 Å². The van der Waals surface area contributed by atoms with Crippen LogP contribution in [-0.4, -0.2) is 6.04 Å². The summed E-state index contributed by atoms with van der Waals surface area (Å²) < 4.78 is 13.6. The van der Waals surface area contributed by atoms with Gasteiger partial charge in [-0.1, -0.05) is 6.07 Å². The molecule has 0 aliphatic carbocycles. The van der Waals surface area contributed by atoms with Crippen LogP contribution in [0.4, 0.5) is 4.39 Å². The second kappa shape index (κ2) is 4.18. The third-order valence-corrected chi connectivity index (χ3v) is 2.42. The van der Waals surface area contributed by atoms with Crippen LogP contribution in [0.25, 0.3) is 0 Å². The number of rotatable bonds is 2. The molecule has 3 heteroatoms. The zero-order valence-electron chi connectivity index (χ0n) is 6.85. The highest BCUT2D eigenvalue weighted by Crippen LogP contribution is 2.13. The fraction of sp³-hybridized carbons (Fsp3) is 0.333.